The van der Waals surface area contributed by atoms with Crippen LogP contribution in [0, 0.1) is 19.7 Å². The Hall–Kier alpha value is -3.38. The SMILES string of the molecule is Cc1ccc(-c2nc(C)c(C(=O)/C=C/c3coc4ccc(F)cc4c3=O)s2)cc1. The Kier molecular flexibility index (Phi) is 4.94. The zero-order valence-electron chi connectivity index (χ0n) is 15.7. The lowest BCUT2D eigenvalue weighted by Gasteiger charge is -1.98. The Balaban J connectivity index is 1.64. The molecule has 4 nitrogen and oxygen atoms in total. The van der Waals surface area contributed by atoms with Crippen molar-refractivity contribution in [2.75, 3.05) is 0 Å². The van der Waals surface area contributed by atoms with E-state index in [4.69, 9.17) is 4.42 Å². The van der Waals surface area contributed by atoms with Crippen LogP contribution in [0.25, 0.3) is 27.6 Å². The average molecular weight is 405 g/mol. The van der Waals surface area contributed by atoms with Gasteiger partial charge in [0.15, 0.2) is 11.2 Å². The van der Waals surface area contributed by atoms with E-state index in [1.165, 1.54) is 41.9 Å². The highest BCUT2D eigenvalue weighted by molar-refractivity contribution is 7.17. The molecule has 0 radical (unpaired) electrons. The summed E-state index contributed by atoms with van der Waals surface area (Å²) in [6.45, 7) is 3.79. The molecule has 0 amide bonds. The molecule has 0 atom stereocenters. The number of thiazole rings is 1. The van der Waals surface area contributed by atoms with Crippen LogP contribution in [0.4, 0.5) is 4.39 Å². The van der Waals surface area contributed by atoms with Crippen molar-refractivity contribution in [3.05, 3.63) is 92.5 Å². The zero-order valence-corrected chi connectivity index (χ0v) is 16.5. The van der Waals surface area contributed by atoms with Crippen LogP contribution >= 0.6 is 11.3 Å². The highest BCUT2D eigenvalue weighted by Crippen LogP contribution is 2.28. The van der Waals surface area contributed by atoms with Gasteiger partial charge in [0.1, 0.15) is 22.7 Å². The van der Waals surface area contributed by atoms with Gasteiger partial charge in [0, 0.05) is 5.56 Å². The number of nitrogens with zero attached hydrogens (tertiary/aromatic N) is 1. The summed E-state index contributed by atoms with van der Waals surface area (Å²) in [5, 5.41) is 0.898. The van der Waals surface area contributed by atoms with Crippen LogP contribution in [0.1, 0.15) is 26.5 Å². The Morgan fingerprint density at radius 1 is 1.14 bits per heavy atom. The molecular formula is C23H16FNO3S. The van der Waals surface area contributed by atoms with Gasteiger partial charge in [-0.25, -0.2) is 9.37 Å². The van der Waals surface area contributed by atoms with Crippen molar-refractivity contribution in [3.8, 4) is 10.6 Å². The van der Waals surface area contributed by atoms with E-state index < -0.39 is 11.2 Å². The number of benzene rings is 2. The van der Waals surface area contributed by atoms with Crippen LogP contribution < -0.4 is 5.43 Å². The van der Waals surface area contributed by atoms with Crippen LogP contribution in [-0.4, -0.2) is 10.8 Å². The number of aryl methyl sites for hydroxylation is 2. The van der Waals surface area contributed by atoms with Gasteiger partial charge in [-0.05, 0) is 44.2 Å². The predicted octanol–water partition coefficient (Wildman–Crippen LogP) is 5.57. The van der Waals surface area contributed by atoms with Gasteiger partial charge in [-0.15, -0.1) is 11.3 Å². The molecule has 144 valence electrons. The van der Waals surface area contributed by atoms with Gasteiger partial charge in [-0.1, -0.05) is 29.8 Å². The number of aromatic nitrogens is 1. The fourth-order valence-corrected chi connectivity index (χ4v) is 3.91. The molecule has 0 bridgehead atoms. The minimum absolute atomic E-state index is 0.134. The summed E-state index contributed by atoms with van der Waals surface area (Å²) in [6, 6.07) is 11.7. The maximum absolute atomic E-state index is 13.4. The van der Waals surface area contributed by atoms with Gasteiger partial charge >= 0.3 is 0 Å². The van der Waals surface area contributed by atoms with Gasteiger partial charge < -0.3 is 4.42 Å². The summed E-state index contributed by atoms with van der Waals surface area (Å²) in [5.74, 6) is -0.775. The quantitative estimate of drug-likeness (QED) is 0.329. The first-order valence-corrected chi connectivity index (χ1v) is 9.72. The normalized spacial score (nSPS) is 11.4. The van der Waals surface area contributed by atoms with E-state index >= 15 is 0 Å². The third kappa shape index (κ3) is 3.79. The molecular weight excluding hydrogens is 389 g/mol. The molecule has 0 saturated heterocycles. The summed E-state index contributed by atoms with van der Waals surface area (Å²) < 4.78 is 18.8. The van der Waals surface area contributed by atoms with E-state index in [0.717, 1.165) is 22.2 Å². The number of hydrogen-bond acceptors (Lipinski definition) is 5. The number of allylic oxidation sites excluding steroid dienone is 1. The minimum Gasteiger partial charge on any atom is -0.463 e. The summed E-state index contributed by atoms with van der Waals surface area (Å²) in [5.41, 5.74) is 2.81. The van der Waals surface area contributed by atoms with E-state index in [1.807, 2.05) is 31.2 Å². The molecule has 6 heteroatoms. The number of carbonyl (C=O) groups excluding carboxylic acids is 1. The summed E-state index contributed by atoms with van der Waals surface area (Å²) in [6.07, 6.45) is 3.98. The molecule has 0 aliphatic rings. The number of hydrogen-bond donors (Lipinski definition) is 0. The lowest BCUT2D eigenvalue weighted by atomic mass is 10.1. The molecule has 0 aliphatic heterocycles. The maximum Gasteiger partial charge on any atom is 0.199 e. The van der Waals surface area contributed by atoms with E-state index in [1.54, 1.807) is 6.92 Å². The third-order valence-corrected chi connectivity index (χ3v) is 5.72. The Labute approximate surface area is 170 Å². The third-order valence-electron chi connectivity index (χ3n) is 4.49. The molecule has 2 aromatic carbocycles. The number of halogens is 1. The van der Waals surface area contributed by atoms with Crippen LogP contribution in [0.5, 0.6) is 0 Å². The van der Waals surface area contributed by atoms with Crippen LogP contribution in [-0.2, 0) is 0 Å². The van der Waals surface area contributed by atoms with E-state index in [9.17, 15) is 14.0 Å². The number of fused-ring (bicyclic) bond motifs is 1. The molecule has 0 unspecified atom stereocenters. The zero-order chi connectivity index (χ0) is 20.5. The standard InChI is InChI=1S/C23H16FNO3S/c1-13-3-5-15(6-4-13)23-25-14(2)22(29-23)19(26)9-7-16-12-28-20-10-8-17(24)11-18(20)21(16)27/h3-12H,1-2H3/b9-7+. The van der Waals surface area contributed by atoms with Crippen molar-refractivity contribution < 1.29 is 13.6 Å². The largest absolute Gasteiger partial charge is 0.463 e. The predicted molar refractivity (Wildman–Crippen MR) is 113 cm³/mol. The highest BCUT2D eigenvalue weighted by atomic mass is 32.1. The first-order valence-electron chi connectivity index (χ1n) is 8.90. The Morgan fingerprint density at radius 3 is 2.66 bits per heavy atom. The van der Waals surface area contributed by atoms with Gasteiger partial charge in [0.2, 0.25) is 0 Å². The van der Waals surface area contributed by atoms with Crippen LogP contribution in [0.3, 0.4) is 0 Å². The number of rotatable bonds is 4. The first kappa shape index (κ1) is 19.0. The van der Waals surface area contributed by atoms with Gasteiger partial charge in [0.05, 0.1) is 21.5 Å². The first-order chi connectivity index (χ1) is 13.9. The van der Waals surface area contributed by atoms with Gasteiger partial charge in [0.25, 0.3) is 0 Å². The minimum atomic E-state index is -0.522. The van der Waals surface area contributed by atoms with Crippen molar-refractivity contribution in [1.29, 1.82) is 0 Å². The Morgan fingerprint density at radius 2 is 1.90 bits per heavy atom. The summed E-state index contributed by atoms with van der Waals surface area (Å²) in [7, 11) is 0. The van der Waals surface area contributed by atoms with Crippen molar-refractivity contribution in [2.45, 2.75) is 13.8 Å². The van der Waals surface area contributed by atoms with Gasteiger partial charge in [-0.2, -0.15) is 0 Å². The van der Waals surface area contributed by atoms with E-state index in [0.29, 0.717) is 16.2 Å². The summed E-state index contributed by atoms with van der Waals surface area (Å²) >= 11 is 1.31. The van der Waals surface area contributed by atoms with Crippen molar-refractivity contribution in [3.63, 3.8) is 0 Å². The maximum atomic E-state index is 13.4. The summed E-state index contributed by atoms with van der Waals surface area (Å²) in [4.78, 5) is 30.2. The van der Waals surface area contributed by atoms with Crippen molar-refractivity contribution >= 4 is 34.2 Å². The van der Waals surface area contributed by atoms with Gasteiger partial charge in [-0.3, -0.25) is 9.59 Å². The van der Waals surface area contributed by atoms with Crippen LogP contribution in [0.2, 0.25) is 0 Å². The second-order valence-electron chi connectivity index (χ2n) is 6.66. The van der Waals surface area contributed by atoms with Crippen molar-refractivity contribution in [1.82, 2.24) is 4.98 Å². The molecule has 0 saturated carbocycles. The van der Waals surface area contributed by atoms with E-state index in [-0.39, 0.29) is 16.7 Å². The second kappa shape index (κ2) is 7.56. The molecule has 2 aromatic heterocycles. The average Bonchev–Trinajstić information content (AvgIpc) is 3.10. The number of ketones is 1. The fraction of sp³-hybridized carbons (Fsp3) is 0.0870. The molecule has 4 aromatic rings. The molecule has 0 fully saturated rings. The molecule has 2 heterocycles. The lowest BCUT2D eigenvalue weighted by Crippen LogP contribution is -2.05. The second-order valence-corrected chi connectivity index (χ2v) is 7.66. The monoisotopic (exact) mass is 405 g/mol. The highest BCUT2D eigenvalue weighted by Gasteiger charge is 2.15. The number of carbonyl (C=O) groups is 1. The Bertz CT molecular complexity index is 1320. The van der Waals surface area contributed by atoms with Crippen LogP contribution in [0.15, 0.2) is 64.0 Å². The smallest absolute Gasteiger partial charge is 0.199 e. The molecule has 29 heavy (non-hydrogen) atoms. The molecule has 0 aliphatic carbocycles. The fourth-order valence-electron chi connectivity index (χ4n) is 2.92. The molecule has 4 rings (SSSR count). The topological polar surface area (TPSA) is 60.2 Å². The molecule has 0 N–H and O–H groups in total. The lowest BCUT2D eigenvalue weighted by molar-refractivity contribution is 0.105. The van der Waals surface area contributed by atoms with E-state index in [2.05, 4.69) is 4.98 Å². The van der Waals surface area contributed by atoms with Crippen molar-refractivity contribution in [2.24, 2.45) is 0 Å². The molecule has 0 spiro atoms.